The summed E-state index contributed by atoms with van der Waals surface area (Å²) in [6.45, 7) is 0.0296. The lowest BCUT2D eigenvalue weighted by Crippen LogP contribution is -2.56. The SMILES string of the molecule is O=C(NCc1ccccn1)O[C@]1(O)CCCN(Cc2cccc(F)c2F)C1=O. The van der Waals surface area contributed by atoms with E-state index >= 15 is 0 Å². The topological polar surface area (TPSA) is 91.8 Å². The second-order valence-corrected chi connectivity index (χ2v) is 6.39. The molecule has 28 heavy (non-hydrogen) atoms. The number of rotatable bonds is 5. The summed E-state index contributed by atoms with van der Waals surface area (Å²) < 4.78 is 32.2. The van der Waals surface area contributed by atoms with Crippen LogP contribution in [0, 0.1) is 11.6 Å². The van der Waals surface area contributed by atoms with Crippen LogP contribution >= 0.6 is 0 Å². The number of carbonyl (C=O) groups is 2. The van der Waals surface area contributed by atoms with Crippen LogP contribution in [-0.4, -0.2) is 39.3 Å². The van der Waals surface area contributed by atoms with E-state index in [-0.39, 0.29) is 31.6 Å². The Morgan fingerprint density at radius 1 is 1.29 bits per heavy atom. The lowest BCUT2D eigenvalue weighted by Gasteiger charge is -2.37. The quantitative estimate of drug-likeness (QED) is 0.762. The van der Waals surface area contributed by atoms with Crippen molar-refractivity contribution in [2.45, 2.75) is 31.7 Å². The number of likely N-dealkylation sites (tertiary alicyclic amines) is 1. The molecule has 3 rings (SSSR count). The zero-order valence-corrected chi connectivity index (χ0v) is 14.9. The van der Waals surface area contributed by atoms with Crippen molar-refractivity contribution in [1.82, 2.24) is 15.2 Å². The van der Waals surface area contributed by atoms with E-state index in [1.165, 1.54) is 12.1 Å². The van der Waals surface area contributed by atoms with E-state index in [2.05, 4.69) is 10.3 Å². The fourth-order valence-electron chi connectivity index (χ4n) is 2.94. The molecular weight excluding hydrogens is 372 g/mol. The van der Waals surface area contributed by atoms with Crippen molar-refractivity contribution in [2.24, 2.45) is 0 Å². The Morgan fingerprint density at radius 2 is 2.11 bits per heavy atom. The first-order valence-electron chi connectivity index (χ1n) is 8.70. The molecule has 148 valence electrons. The van der Waals surface area contributed by atoms with Gasteiger partial charge in [0, 0.05) is 31.3 Å². The van der Waals surface area contributed by atoms with Crippen LogP contribution in [-0.2, 0) is 22.6 Å². The van der Waals surface area contributed by atoms with E-state index < -0.39 is 29.4 Å². The van der Waals surface area contributed by atoms with Crippen LogP contribution in [0.25, 0.3) is 0 Å². The number of aromatic nitrogens is 1. The minimum Gasteiger partial charge on any atom is -0.407 e. The van der Waals surface area contributed by atoms with Crippen molar-refractivity contribution in [3.63, 3.8) is 0 Å². The fourth-order valence-corrected chi connectivity index (χ4v) is 2.94. The molecule has 2 heterocycles. The first-order valence-corrected chi connectivity index (χ1v) is 8.70. The third kappa shape index (κ3) is 4.42. The molecule has 7 nitrogen and oxygen atoms in total. The maximum Gasteiger partial charge on any atom is 0.410 e. The van der Waals surface area contributed by atoms with Crippen LogP contribution < -0.4 is 5.32 Å². The van der Waals surface area contributed by atoms with Crippen molar-refractivity contribution >= 4 is 12.0 Å². The Bertz CT molecular complexity index is 866. The molecule has 1 aromatic heterocycles. The van der Waals surface area contributed by atoms with E-state index in [4.69, 9.17) is 4.74 Å². The molecule has 2 N–H and O–H groups in total. The van der Waals surface area contributed by atoms with E-state index in [0.717, 1.165) is 11.0 Å². The molecular formula is C19H19F2N3O4. The number of hydrogen-bond acceptors (Lipinski definition) is 5. The molecule has 1 aliphatic rings. The summed E-state index contributed by atoms with van der Waals surface area (Å²) >= 11 is 0. The van der Waals surface area contributed by atoms with Crippen molar-refractivity contribution < 1.29 is 28.2 Å². The van der Waals surface area contributed by atoms with Gasteiger partial charge in [0.15, 0.2) is 11.6 Å². The molecule has 1 aliphatic heterocycles. The Balaban J connectivity index is 1.63. The fraction of sp³-hybridized carbons (Fsp3) is 0.316. The van der Waals surface area contributed by atoms with Gasteiger partial charge in [-0.2, -0.15) is 0 Å². The number of aliphatic hydroxyl groups is 1. The Morgan fingerprint density at radius 3 is 2.86 bits per heavy atom. The van der Waals surface area contributed by atoms with Gasteiger partial charge >= 0.3 is 6.09 Å². The maximum absolute atomic E-state index is 13.9. The smallest absolute Gasteiger partial charge is 0.407 e. The number of benzene rings is 1. The lowest BCUT2D eigenvalue weighted by molar-refractivity contribution is -0.206. The number of carbonyl (C=O) groups excluding carboxylic acids is 2. The molecule has 2 aromatic rings. The predicted molar refractivity (Wildman–Crippen MR) is 93.5 cm³/mol. The first kappa shape index (κ1) is 19.7. The van der Waals surface area contributed by atoms with Gasteiger partial charge in [0.05, 0.1) is 12.2 Å². The summed E-state index contributed by atoms with van der Waals surface area (Å²) in [6, 6.07) is 8.81. The zero-order chi connectivity index (χ0) is 20.1. The number of amides is 2. The summed E-state index contributed by atoms with van der Waals surface area (Å²) in [5.41, 5.74) is 0.543. The molecule has 0 spiro atoms. The molecule has 0 unspecified atom stereocenters. The normalized spacial score (nSPS) is 19.4. The minimum atomic E-state index is -2.36. The van der Waals surface area contributed by atoms with Gasteiger partial charge in [-0.15, -0.1) is 0 Å². The Hall–Kier alpha value is -3.07. The zero-order valence-electron chi connectivity index (χ0n) is 14.9. The maximum atomic E-state index is 13.9. The molecule has 1 aromatic carbocycles. The molecule has 1 fully saturated rings. The Kier molecular flexibility index (Phi) is 5.84. The standard InChI is InChI=1S/C19H19F2N3O4/c20-15-7-3-5-13(16(15)21)12-24-10-4-8-19(27,17(24)25)28-18(26)23-11-14-6-1-2-9-22-14/h1-3,5-7,9,27H,4,8,10-12H2,(H,23,26)/t19-/m1/s1. The van der Waals surface area contributed by atoms with Crippen molar-refractivity contribution in [3.05, 3.63) is 65.5 Å². The average Bonchev–Trinajstić information content (AvgIpc) is 2.68. The van der Waals surface area contributed by atoms with E-state index in [1.807, 2.05) is 0 Å². The Labute approximate surface area is 159 Å². The highest BCUT2D eigenvalue weighted by atomic mass is 19.2. The third-order valence-electron chi connectivity index (χ3n) is 4.36. The molecule has 0 aliphatic carbocycles. The number of hydrogen-bond donors (Lipinski definition) is 2. The second kappa shape index (κ2) is 8.30. The summed E-state index contributed by atoms with van der Waals surface area (Å²) in [7, 11) is 0. The molecule has 0 saturated carbocycles. The summed E-state index contributed by atoms with van der Waals surface area (Å²) in [4.78, 5) is 29.8. The number of nitrogens with one attached hydrogen (secondary N) is 1. The van der Waals surface area contributed by atoms with Gasteiger partial charge in [-0.25, -0.2) is 13.6 Å². The lowest BCUT2D eigenvalue weighted by atomic mass is 10.0. The first-order chi connectivity index (χ1) is 13.4. The van der Waals surface area contributed by atoms with Gasteiger partial charge in [0.2, 0.25) is 0 Å². The van der Waals surface area contributed by atoms with Crippen LogP contribution in [0.5, 0.6) is 0 Å². The van der Waals surface area contributed by atoms with Crippen LogP contribution in [0.3, 0.4) is 0 Å². The second-order valence-electron chi connectivity index (χ2n) is 6.39. The molecule has 1 atom stereocenters. The number of halogens is 2. The number of ether oxygens (including phenoxy) is 1. The van der Waals surface area contributed by atoms with Crippen molar-refractivity contribution in [2.75, 3.05) is 6.54 Å². The van der Waals surface area contributed by atoms with Crippen LogP contribution in [0.15, 0.2) is 42.6 Å². The van der Waals surface area contributed by atoms with Gasteiger partial charge in [-0.3, -0.25) is 9.78 Å². The van der Waals surface area contributed by atoms with Gasteiger partial charge < -0.3 is 20.1 Å². The molecule has 0 bridgehead atoms. The van der Waals surface area contributed by atoms with Gasteiger partial charge in [-0.05, 0) is 24.6 Å². The largest absolute Gasteiger partial charge is 0.410 e. The van der Waals surface area contributed by atoms with Crippen molar-refractivity contribution in [3.8, 4) is 0 Å². The highest BCUT2D eigenvalue weighted by molar-refractivity contribution is 5.86. The van der Waals surface area contributed by atoms with E-state index in [9.17, 15) is 23.5 Å². The number of alkyl carbamates (subject to hydrolysis) is 1. The summed E-state index contributed by atoms with van der Waals surface area (Å²) in [5, 5.41) is 12.9. The van der Waals surface area contributed by atoms with Gasteiger partial charge in [0.25, 0.3) is 11.7 Å². The minimum absolute atomic E-state index is 0.0304. The summed E-state index contributed by atoms with van der Waals surface area (Å²) in [5.74, 6) is -5.33. The monoisotopic (exact) mass is 391 g/mol. The van der Waals surface area contributed by atoms with E-state index in [0.29, 0.717) is 12.1 Å². The molecule has 2 amide bonds. The van der Waals surface area contributed by atoms with Crippen LogP contribution in [0.2, 0.25) is 0 Å². The average molecular weight is 391 g/mol. The molecule has 0 radical (unpaired) electrons. The van der Waals surface area contributed by atoms with Crippen LogP contribution in [0.4, 0.5) is 13.6 Å². The predicted octanol–water partition coefficient (Wildman–Crippen LogP) is 2.10. The van der Waals surface area contributed by atoms with E-state index in [1.54, 1.807) is 24.4 Å². The van der Waals surface area contributed by atoms with Gasteiger partial charge in [0.1, 0.15) is 0 Å². The number of piperidine rings is 1. The highest BCUT2D eigenvalue weighted by Crippen LogP contribution is 2.26. The number of nitrogens with zero attached hydrogens (tertiary/aromatic N) is 2. The summed E-state index contributed by atoms with van der Waals surface area (Å²) in [6.07, 6.45) is 0.807. The third-order valence-corrected chi connectivity index (χ3v) is 4.36. The molecule has 1 saturated heterocycles. The van der Waals surface area contributed by atoms with Crippen LogP contribution in [0.1, 0.15) is 24.1 Å². The van der Waals surface area contributed by atoms with Crippen molar-refractivity contribution in [1.29, 1.82) is 0 Å². The number of pyridine rings is 1. The highest BCUT2D eigenvalue weighted by Gasteiger charge is 2.46. The molecule has 9 heteroatoms. The van der Waals surface area contributed by atoms with Gasteiger partial charge in [-0.1, -0.05) is 18.2 Å².